The summed E-state index contributed by atoms with van der Waals surface area (Å²) in [5.74, 6) is 2.04. The molecule has 18 heavy (non-hydrogen) atoms. The van der Waals surface area contributed by atoms with E-state index in [1.165, 1.54) is 31.2 Å². The second-order valence-corrected chi connectivity index (χ2v) is 5.32. The van der Waals surface area contributed by atoms with Crippen LogP contribution in [0.15, 0.2) is 18.2 Å². The number of hydrogen-bond donors (Lipinski definition) is 1. The first-order chi connectivity index (χ1) is 8.58. The summed E-state index contributed by atoms with van der Waals surface area (Å²) < 4.78 is 5.16. The van der Waals surface area contributed by atoms with E-state index in [0.29, 0.717) is 11.7 Å². The molecule has 0 aromatic heterocycles. The molecule has 2 unspecified atom stereocenters. The van der Waals surface area contributed by atoms with E-state index in [1.54, 1.807) is 13.2 Å². The molecule has 2 atom stereocenters. The molecule has 0 saturated carbocycles. The minimum atomic E-state index is 0.215. The number of unbranched alkanes of at least 4 members (excludes halogenated alkanes) is 1. The van der Waals surface area contributed by atoms with Gasteiger partial charge in [-0.05, 0) is 36.0 Å². The second kappa shape index (κ2) is 7.30. The van der Waals surface area contributed by atoms with Gasteiger partial charge < -0.3 is 9.84 Å². The standard InChI is InChI=1S/C16H26O2/c1-5-6-7-12(2)10-13(3)14-8-9-15(17)16(11-14)18-4/h8-9,11-13,17H,5-7,10H2,1-4H3. The fraction of sp³-hybridized carbons (Fsp3) is 0.625. The quantitative estimate of drug-likeness (QED) is 0.758. The zero-order valence-corrected chi connectivity index (χ0v) is 12.1. The Hall–Kier alpha value is -1.18. The highest BCUT2D eigenvalue weighted by Crippen LogP contribution is 2.32. The average molecular weight is 250 g/mol. The lowest BCUT2D eigenvalue weighted by Gasteiger charge is -2.18. The molecule has 0 amide bonds. The van der Waals surface area contributed by atoms with Crippen LogP contribution in [0.25, 0.3) is 0 Å². The third kappa shape index (κ3) is 4.25. The smallest absolute Gasteiger partial charge is 0.160 e. The van der Waals surface area contributed by atoms with Gasteiger partial charge in [0, 0.05) is 0 Å². The molecule has 1 N–H and O–H groups in total. The Labute approximate surface area is 111 Å². The summed E-state index contributed by atoms with van der Waals surface area (Å²) in [5.41, 5.74) is 1.24. The number of ether oxygens (including phenoxy) is 1. The van der Waals surface area contributed by atoms with Crippen LogP contribution in [0.3, 0.4) is 0 Å². The molecule has 102 valence electrons. The number of phenolic OH excluding ortho intramolecular Hbond substituents is 1. The first-order valence-electron chi connectivity index (χ1n) is 6.95. The molecule has 2 heteroatoms. The van der Waals surface area contributed by atoms with E-state index in [0.717, 1.165) is 5.92 Å². The zero-order valence-electron chi connectivity index (χ0n) is 12.1. The molecule has 0 radical (unpaired) electrons. The Balaban J connectivity index is 2.63. The van der Waals surface area contributed by atoms with Gasteiger partial charge in [0.1, 0.15) is 0 Å². The van der Waals surface area contributed by atoms with Crippen molar-refractivity contribution in [3.05, 3.63) is 23.8 Å². The number of aromatic hydroxyl groups is 1. The highest BCUT2D eigenvalue weighted by atomic mass is 16.5. The Morgan fingerprint density at radius 3 is 2.61 bits per heavy atom. The number of phenols is 1. The molecule has 0 heterocycles. The van der Waals surface area contributed by atoms with Crippen LogP contribution in [-0.2, 0) is 0 Å². The number of rotatable bonds is 7. The summed E-state index contributed by atoms with van der Waals surface area (Å²) in [6.45, 7) is 6.80. The van der Waals surface area contributed by atoms with E-state index < -0.39 is 0 Å². The van der Waals surface area contributed by atoms with Crippen LogP contribution in [-0.4, -0.2) is 12.2 Å². The zero-order chi connectivity index (χ0) is 13.5. The Kier molecular flexibility index (Phi) is 6.03. The highest BCUT2D eigenvalue weighted by Gasteiger charge is 2.12. The van der Waals surface area contributed by atoms with Gasteiger partial charge in [-0.25, -0.2) is 0 Å². The molecule has 0 saturated heterocycles. The van der Waals surface area contributed by atoms with E-state index in [4.69, 9.17) is 4.74 Å². The molecule has 0 spiro atoms. The predicted molar refractivity (Wildman–Crippen MR) is 76.4 cm³/mol. The van der Waals surface area contributed by atoms with Crippen molar-refractivity contribution in [1.82, 2.24) is 0 Å². The molecule has 0 aliphatic rings. The molecule has 1 rings (SSSR count). The van der Waals surface area contributed by atoms with E-state index >= 15 is 0 Å². The van der Waals surface area contributed by atoms with Crippen LogP contribution in [0, 0.1) is 5.92 Å². The first kappa shape index (κ1) is 14.9. The van der Waals surface area contributed by atoms with Gasteiger partial charge in [-0.3, -0.25) is 0 Å². The van der Waals surface area contributed by atoms with Crippen LogP contribution in [0.2, 0.25) is 0 Å². The lowest BCUT2D eigenvalue weighted by atomic mass is 9.88. The van der Waals surface area contributed by atoms with E-state index in [2.05, 4.69) is 20.8 Å². The fourth-order valence-corrected chi connectivity index (χ4v) is 2.41. The molecule has 1 aromatic carbocycles. The predicted octanol–water partition coefficient (Wildman–Crippen LogP) is 4.72. The van der Waals surface area contributed by atoms with E-state index in [9.17, 15) is 5.11 Å². The van der Waals surface area contributed by atoms with Crippen molar-refractivity contribution < 1.29 is 9.84 Å². The van der Waals surface area contributed by atoms with Crippen molar-refractivity contribution in [3.8, 4) is 11.5 Å². The second-order valence-electron chi connectivity index (χ2n) is 5.32. The lowest BCUT2D eigenvalue weighted by Crippen LogP contribution is -2.02. The normalized spacial score (nSPS) is 14.2. The third-order valence-electron chi connectivity index (χ3n) is 3.58. The summed E-state index contributed by atoms with van der Waals surface area (Å²) >= 11 is 0. The van der Waals surface area contributed by atoms with Gasteiger partial charge >= 0.3 is 0 Å². The molecular formula is C16H26O2. The summed E-state index contributed by atoms with van der Waals surface area (Å²) in [7, 11) is 1.59. The number of benzene rings is 1. The summed E-state index contributed by atoms with van der Waals surface area (Å²) in [4.78, 5) is 0. The molecule has 0 bridgehead atoms. The van der Waals surface area contributed by atoms with Gasteiger partial charge in [0.25, 0.3) is 0 Å². The van der Waals surface area contributed by atoms with Crippen molar-refractivity contribution in [2.24, 2.45) is 5.92 Å². The lowest BCUT2D eigenvalue weighted by molar-refractivity contribution is 0.371. The topological polar surface area (TPSA) is 29.5 Å². The minimum absolute atomic E-state index is 0.215. The summed E-state index contributed by atoms with van der Waals surface area (Å²) in [6.07, 6.45) is 5.07. The van der Waals surface area contributed by atoms with Crippen LogP contribution in [0.1, 0.15) is 57.9 Å². The van der Waals surface area contributed by atoms with Crippen LogP contribution < -0.4 is 4.74 Å². The fourth-order valence-electron chi connectivity index (χ4n) is 2.41. The van der Waals surface area contributed by atoms with Crippen molar-refractivity contribution in [2.75, 3.05) is 7.11 Å². The van der Waals surface area contributed by atoms with Gasteiger partial charge in [0.05, 0.1) is 7.11 Å². The van der Waals surface area contributed by atoms with Gasteiger partial charge in [0.2, 0.25) is 0 Å². The molecule has 1 aromatic rings. The summed E-state index contributed by atoms with van der Waals surface area (Å²) in [6, 6.07) is 5.67. The Bertz CT molecular complexity index is 360. The average Bonchev–Trinajstić information content (AvgIpc) is 2.36. The maximum Gasteiger partial charge on any atom is 0.160 e. The van der Waals surface area contributed by atoms with Crippen molar-refractivity contribution >= 4 is 0 Å². The maximum absolute atomic E-state index is 9.59. The number of hydrogen-bond acceptors (Lipinski definition) is 2. The maximum atomic E-state index is 9.59. The monoisotopic (exact) mass is 250 g/mol. The number of methoxy groups -OCH3 is 1. The Morgan fingerprint density at radius 1 is 1.28 bits per heavy atom. The Morgan fingerprint density at radius 2 is 2.00 bits per heavy atom. The SMILES string of the molecule is CCCCC(C)CC(C)c1ccc(O)c(OC)c1. The first-order valence-corrected chi connectivity index (χ1v) is 6.95. The van der Waals surface area contributed by atoms with Crippen LogP contribution in [0.4, 0.5) is 0 Å². The van der Waals surface area contributed by atoms with Crippen LogP contribution >= 0.6 is 0 Å². The van der Waals surface area contributed by atoms with E-state index in [-0.39, 0.29) is 5.75 Å². The summed E-state index contributed by atoms with van der Waals surface area (Å²) in [5, 5.41) is 9.59. The van der Waals surface area contributed by atoms with Crippen molar-refractivity contribution in [3.63, 3.8) is 0 Å². The van der Waals surface area contributed by atoms with Gasteiger partial charge in [-0.1, -0.05) is 46.1 Å². The van der Waals surface area contributed by atoms with Crippen molar-refractivity contribution in [2.45, 2.75) is 52.4 Å². The third-order valence-corrected chi connectivity index (χ3v) is 3.58. The van der Waals surface area contributed by atoms with E-state index in [1.807, 2.05) is 12.1 Å². The highest BCUT2D eigenvalue weighted by molar-refractivity contribution is 5.42. The minimum Gasteiger partial charge on any atom is -0.504 e. The van der Waals surface area contributed by atoms with Gasteiger partial charge in [-0.15, -0.1) is 0 Å². The molecule has 0 fully saturated rings. The molecule has 2 nitrogen and oxygen atoms in total. The van der Waals surface area contributed by atoms with Crippen LogP contribution in [0.5, 0.6) is 11.5 Å². The largest absolute Gasteiger partial charge is 0.504 e. The molecule has 0 aliphatic heterocycles. The molecule has 0 aliphatic carbocycles. The van der Waals surface area contributed by atoms with Gasteiger partial charge in [-0.2, -0.15) is 0 Å². The van der Waals surface area contributed by atoms with Gasteiger partial charge in [0.15, 0.2) is 11.5 Å². The molecular weight excluding hydrogens is 224 g/mol. The van der Waals surface area contributed by atoms with Crippen molar-refractivity contribution in [1.29, 1.82) is 0 Å².